The molecule has 23 heavy (non-hydrogen) atoms. The third-order valence-corrected chi connectivity index (χ3v) is 3.35. The monoisotopic (exact) mass is 317 g/mol. The molecule has 2 rings (SSSR count). The van der Waals surface area contributed by atoms with E-state index in [2.05, 4.69) is 0 Å². The predicted octanol–water partition coefficient (Wildman–Crippen LogP) is 2.33. The molecule has 0 aliphatic heterocycles. The molecule has 0 N–H and O–H groups in total. The summed E-state index contributed by atoms with van der Waals surface area (Å²) in [6.07, 6.45) is 1.84. The van der Waals surface area contributed by atoms with Crippen LogP contribution in [0.2, 0.25) is 0 Å². The maximum atomic E-state index is 11.9. The van der Waals surface area contributed by atoms with Gasteiger partial charge in [0.25, 0.3) is 5.56 Å². The summed E-state index contributed by atoms with van der Waals surface area (Å²) < 4.78 is 17.4. The van der Waals surface area contributed by atoms with Crippen LogP contribution in [0.25, 0.3) is 5.69 Å². The zero-order chi connectivity index (χ0) is 16.5. The van der Waals surface area contributed by atoms with Crippen molar-refractivity contribution < 1.29 is 14.2 Å². The number of hydrogen-bond acceptors (Lipinski definition) is 4. The fraction of sp³-hybridized carbons (Fsp3) is 0.389. The van der Waals surface area contributed by atoms with Crippen molar-refractivity contribution >= 4 is 0 Å². The van der Waals surface area contributed by atoms with Gasteiger partial charge in [-0.3, -0.25) is 9.36 Å². The average Bonchev–Trinajstić information content (AvgIpc) is 2.57. The van der Waals surface area contributed by atoms with E-state index in [1.54, 1.807) is 17.7 Å². The van der Waals surface area contributed by atoms with Crippen LogP contribution < -0.4 is 5.56 Å². The SMILES string of the molecule is COCCOCCOCc1ccc(-n2cc(C)ccc2=O)cc1. The molecule has 0 atom stereocenters. The zero-order valence-corrected chi connectivity index (χ0v) is 13.7. The van der Waals surface area contributed by atoms with Crippen LogP contribution in [0.4, 0.5) is 0 Å². The number of ether oxygens (including phenoxy) is 3. The molecular formula is C18H23NO4. The van der Waals surface area contributed by atoms with Gasteiger partial charge in [0.2, 0.25) is 0 Å². The third-order valence-electron chi connectivity index (χ3n) is 3.35. The van der Waals surface area contributed by atoms with Crippen LogP contribution in [0.5, 0.6) is 0 Å². The van der Waals surface area contributed by atoms with E-state index in [1.165, 1.54) is 0 Å². The molecule has 1 aromatic heterocycles. The minimum absolute atomic E-state index is 0.0344. The van der Waals surface area contributed by atoms with Gasteiger partial charge in [-0.25, -0.2) is 0 Å². The van der Waals surface area contributed by atoms with Crippen LogP contribution in [-0.4, -0.2) is 38.1 Å². The number of aromatic nitrogens is 1. The maximum Gasteiger partial charge on any atom is 0.255 e. The first-order valence-electron chi connectivity index (χ1n) is 7.64. The summed E-state index contributed by atoms with van der Waals surface area (Å²) in [5.74, 6) is 0. The highest BCUT2D eigenvalue weighted by molar-refractivity contribution is 5.35. The van der Waals surface area contributed by atoms with Crippen molar-refractivity contribution in [3.63, 3.8) is 0 Å². The lowest BCUT2D eigenvalue weighted by Crippen LogP contribution is -2.16. The van der Waals surface area contributed by atoms with Gasteiger partial charge in [-0.1, -0.05) is 18.2 Å². The van der Waals surface area contributed by atoms with Crippen molar-refractivity contribution in [3.05, 3.63) is 64.1 Å². The number of aryl methyl sites for hydroxylation is 1. The third kappa shape index (κ3) is 5.63. The van der Waals surface area contributed by atoms with Gasteiger partial charge in [0.05, 0.1) is 33.0 Å². The molecule has 2 aromatic rings. The van der Waals surface area contributed by atoms with Crippen molar-refractivity contribution in [3.8, 4) is 5.69 Å². The minimum Gasteiger partial charge on any atom is -0.382 e. The van der Waals surface area contributed by atoms with Crippen LogP contribution in [0, 0.1) is 6.92 Å². The molecule has 0 bridgehead atoms. The smallest absolute Gasteiger partial charge is 0.255 e. The molecule has 124 valence electrons. The quantitative estimate of drug-likeness (QED) is 0.666. The van der Waals surface area contributed by atoms with Gasteiger partial charge in [0, 0.05) is 25.1 Å². The molecule has 0 fully saturated rings. The largest absolute Gasteiger partial charge is 0.382 e. The minimum atomic E-state index is -0.0344. The Balaban J connectivity index is 1.83. The van der Waals surface area contributed by atoms with E-state index in [0.717, 1.165) is 16.8 Å². The fourth-order valence-electron chi connectivity index (χ4n) is 2.10. The van der Waals surface area contributed by atoms with Crippen LogP contribution in [-0.2, 0) is 20.8 Å². The van der Waals surface area contributed by atoms with E-state index < -0.39 is 0 Å². The Bertz CT molecular complexity index is 649. The lowest BCUT2D eigenvalue weighted by molar-refractivity contribution is 0.0199. The van der Waals surface area contributed by atoms with E-state index in [4.69, 9.17) is 14.2 Å². The summed E-state index contributed by atoms with van der Waals surface area (Å²) in [6, 6.07) is 11.2. The van der Waals surface area contributed by atoms with E-state index >= 15 is 0 Å². The molecule has 1 aromatic carbocycles. The van der Waals surface area contributed by atoms with Gasteiger partial charge < -0.3 is 14.2 Å². The van der Waals surface area contributed by atoms with Crippen molar-refractivity contribution in [1.82, 2.24) is 4.57 Å². The lowest BCUT2D eigenvalue weighted by atomic mass is 10.2. The number of rotatable bonds is 9. The molecule has 0 amide bonds. The van der Waals surface area contributed by atoms with Gasteiger partial charge >= 0.3 is 0 Å². The first kappa shape index (κ1) is 17.4. The number of methoxy groups -OCH3 is 1. The van der Waals surface area contributed by atoms with Crippen molar-refractivity contribution in [2.45, 2.75) is 13.5 Å². The van der Waals surface area contributed by atoms with Crippen LogP contribution in [0.3, 0.4) is 0 Å². The number of nitrogens with zero attached hydrogens (tertiary/aromatic N) is 1. The Kier molecular flexibility index (Phi) is 7.00. The standard InChI is InChI=1S/C18H23NO4/c1-15-3-8-18(20)19(13-15)17-6-4-16(5-7-17)14-23-12-11-22-10-9-21-2/h3-8,13H,9-12,14H2,1-2H3. The molecule has 0 spiro atoms. The molecule has 0 unspecified atom stereocenters. The second-order valence-electron chi connectivity index (χ2n) is 5.24. The van der Waals surface area contributed by atoms with Gasteiger partial charge in [0.1, 0.15) is 0 Å². The van der Waals surface area contributed by atoms with Crippen molar-refractivity contribution in [2.75, 3.05) is 33.5 Å². The van der Waals surface area contributed by atoms with Gasteiger partial charge in [0.15, 0.2) is 0 Å². The van der Waals surface area contributed by atoms with Crippen molar-refractivity contribution in [1.29, 1.82) is 0 Å². The summed E-state index contributed by atoms with van der Waals surface area (Å²) >= 11 is 0. The second kappa shape index (κ2) is 9.25. The Morgan fingerprint density at radius 1 is 0.913 bits per heavy atom. The molecule has 0 aliphatic carbocycles. The first-order chi connectivity index (χ1) is 11.2. The number of pyridine rings is 1. The molecule has 0 saturated heterocycles. The Hall–Kier alpha value is -1.95. The molecule has 1 heterocycles. The van der Waals surface area contributed by atoms with E-state index in [-0.39, 0.29) is 5.56 Å². The average molecular weight is 317 g/mol. The van der Waals surface area contributed by atoms with E-state index in [9.17, 15) is 4.79 Å². The maximum absolute atomic E-state index is 11.9. The first-order valence-corrected chi connectivity index (χ1v) is 7.64. The molecular weight excluding hydrogens is 294 g/mol. The molecule has 5 heteroatoms. The van der Waals surface area contributed by atoms with Crippen LogP contribution >= 0.6 is 0 Å². The van der Waals surface area contributed by atoms with Crippen LogP contribution in [0.1, 0.15) is 11.1 Å². The summed E-state index contributed by atoms with van der Waals surface area (Å²) in [4.78, 5) is 11.9. The topological polar surface area (TPSA) is 49.7 Å². The molecule has 0 saturated carbocycles. The van der Waals surface area contributed by atoms with E-state index in [1.807, 2.05) is 43.5 Å². The molecule has 5 nitrogen and oxygen atoms in total. The van der Waals surface area contributed by atoms with Gasteiger partial charge in [-0.15, -0.1) is 0 Å². The second-order valence-corrected chi connectivity index (χ2v) is 5.24. The predicted molar refractivity (Wildman–Crippen MR) is 89.1 cm³/mol. The zero-order valence-electron chi connectivity index (χ0n) is 13.7. The summed E-state index contributed by atoms with van der Waals surface area (Å²) in [5, 5.41) is 0. The summed E-state index contributed by atoms with van der Waals surface area (Å²) in [5.41, 5.74) is 2.93. The fourth-order valence-corrected chi connectivity index (χ4v) is 2.10. The van der Waals surface area contributed by atoms with Crippen LogP contribution in [0.15, 0.2) is 47.4 Å². The Morgan fingerprint density at radius 2 is 1.61 bits per heavy atom. The Labute approximate surface area is 136 Å². The highest BCUT2D eigenvalue weighted by Crippen LogP contribution is 2.09. The molecule has 0 aliphatic rings. The van der Waals surface area contributed by atoms with Crippen molar-refractivity contribution in [2.24, 2.45) is 0 Å². The number of hydrogen-bond donors (Lipinski definition) is 0. The summed E-state index contributed by atoms with van der Waals surface area (Å²) in [6.45, 7) is 4.77. The highest BCUT2D eigenvalue weighted by atomic mass is 16.5. The normalized spacial score (nSPS) is 10.9. The van der Waals surface area contributed by atoms with E-state index in [0.29, 0.717) is 33.0 Å². The van der Waals surface area contributed by atoms with Gasteiger partial charge in [-0.05, 0) is 30.2 Å². The van der Waals surface area contributed by atoms with Gasteiger partial charge in [-0.2, -0.15) is 0 Å². The lowest BCUT2D eigenvalue weighted by Gasteiger charge is -2.09. The number of benzene rings is 1. The highest BCUT2D eigenvalue weighted by Gasteiger charge is 2.00. The summed E-state index contributed by atoms with van der Waals surface area (Å²) in [7, 11) is 1.65. The Morgan fingerprint density at radius 3 is 2.35 bits per heavy atom. The molecule has 0 radical (unpaired) electrons.